The third kappa shape index (κ3) is 9.13. The summed E-state index contributed by atoms with van der Waals surface area (Å²) in [4.78, 5) is 12.1. The first-order valence-electron chi connectivity index (χ1n) is 3.89. The zero-order chi connectivity index (χ0) is 9.94. The predicted molar refractivity (Wildman–Crippen MR) is 48.3 cm³/mol. The average molecular weight is 248 g/mol. The second-order valence-corrected chi connectivity index (χ2v) is 2.12. The third-order valence-corrected chi connectivity index (χ3v) is 1.12. The van der Waals surface area contributed by atoms with E-state index in [1.165, 1.54) is 0 Å². The van der Waals surface area contributed by atoms with Gasteiger partial charge in [0.05, 0.1) is 6.61 Å². The maximum absolute atomic E-state index is 8.24. The minimum absolute atomic E-state index is 0. The molecule has 1 heterocycles. The van der Waals surface area contributed by atoms with Gasteiger partial charge in [-0.05, 0) is 18.6 Å². The molecule has 0 aromatic carbocycles. The van der Waals surface area contributed by atoms with Crippen LogP contribution in [0.1, 0.15) is 13.3 Å². The molecule has 1 rings (SSSR count). The molecule has 1 aromatic heterocycles. The number of nitrogens with zero attached hydrogens (tertiary/aromatic N) is 1. The first kappa shape index (κ1) is 15.5. The molecule has 0 saturated carbocycles. The van der Waals surface area contributed by atoms with E-state index in [4.69, 9.17) is 14.6 Å². The summed E-state index contributed by atoms with van der Waals surface area (Å²) in [6, 6.07) is 3.71. The topological polar surface area (TPSA) is 59.4 Å². The van der Waals surface area contributed by atoms with Crippen molar-refractivity contribution in [3.63, 3.8) is 0 Å². The van der Waals surface area contributed by atoms with Crippen molar-refractivity contribution >= 4 is 6.47 Å². The van der Waals surface area contributed by atoms with Gasteiger partial charge in [-0.2, -0.15) is 0 Å². The molecule has 1 N–H and O–H groups in total. The maximum Gasteiger partial charge on any atom is 0.122 e. The number of pyridine rings is 1. The zero-order valence-electron chi connectivity index (χ0n) is 8.14. The summed E-state index contributed by atoms with van der Waals surface area (Å²) in [5.41, 5.74) is 0. The molecule has 0 amide bonds. The Morgan fingerprint density at radius 2 is 2.00 bits per heavy atom. The second-order valence-electron chi connectivity index (χ2n) is 2.12. The molecule has 1 aromatic rings. The predicted octanol–water partition coefficient (Wildman–Crippen LogP) is 1.48. The van der Waals surface area contributed by atoms with Gasteiger partial charge in [0, 0.05) is 31.9 Å². The van der Waals surface area contributed by atoms with Crippen LogP contribution in [0.15, 0.2) is 24.5 Å². The largest absolute Gasteiger partial charge is 0.665 e. The number of rotatable bonds is 3. The van der Waals surface area contributed by atoms with Crippen LogP contribution in [0.4, 0.5) is 0 Å². The third-order valence-electron chi connectivity index (χ3n) is 1.12. The molecule has 0 fully saturated rings. The molecule has 0 unspecified atom stereocenters. The van der Waals surface area contributed by atoms with E-state index in [2.05, 4.69) is 11.9 Å². The number of hydrogen-bond donors (Lipinski definition) is 1. The fraction of sp³-hybridized carbons (Fsp3) is 0.333. The van der Waals surface area contributed by atoms with E-state index in [-0.39, 0.29) is 19.5 Å². The Balaban J connectivity index is 0. The van der Waals surface area contributed by atoms with Gasteiger partial charge in [-0.3, -0.25) is 4.98 Å². The second kappa shape index (κ2) is 12.0. The van der Waals surface area contributed by atoms with Crippen molar-refractivity contribution in [1.29, 1.82) is 0 Å². The van der Waals surface area contributed by atoms with E-state index in [9.17, 15) is 0 Å². The summed E-state index contributed by atoms with van der Waals surface area (Å²) in [6.45, 7) is 3.37. The molecule has 0 aliphatic carbocycles. The minimum atomic E-state index is 0. The monoisotopic (exact) mass is 246 g/mol. The maximum atomic E-state index is 8.24. The van der Waals surface area contributed by atoms with Crippen molar-refractivity contribution in [2.75, 3.05) is 6.61 Å². The molecule has 5 heteroatoms. The smallest absolute Gasteiger partial charge is 0.122 e. The molecule has 0 radical (unpaired) electrons. The number of ether oxygens (including phenoxy) is 1. The van der Waals surface area contributed by atoms with Gasteiger partial charge in [0.2, 0.25) is 0 Å². The van der Waals surface area contributed by atoms with Crippen LogP contribution in [-0.4, -0.2) is 23.2 Å². The van der Waals surface area contributed by atoms with E-state index in [0.29, 0.717) is 6.47 Å². The Kier molecular flexibility index (Phi) is 13.3. The number of hydrogen-bond acceptors (Lipinski definition) is 3. The van der Waals surface area contributed by atoms with Crippen LogP contribution >= 0.6 is 0 Å². The fourth-order valence-electron chi connectivity index (χ4n) is 0.654. The molecule has 0 bridgehead atoms. The zero-order valence-corrected chi connectivity index (χ0v) is 11.1. The van der Waals surface area contributed by atoms with Crippen molar-refractivity contribution in [2.24, 2.45) is 0 Å². The van der Waals surface area contributed by atoms with Crippen molar-refractivity contribution in [3.8, 4) is 5.75 Å². The first-order chi connectivity index (χ1) is 6.35. The summed E-state index contributed by atoms with van der Waals surface area (Å²) in [5, 5.41) is 6.76. The van der Waals surface area contributed by atoms with Crippen LogP contribution in [0.5, 0.6) is 5.75 Å². The van der Waals surface area contributed by atoms with E-state index in [1.54, 1.807) is 12.4 Å². The molecule has 0 aliphatic heterocycles. The Morgan fingerprint density at radius 3 is 2.43 bits per heavy atom. The summed E-state index contributed by atoms with van der Waals surface area (Å²) in [6.07, 6.45) is 4.50. The summed E-state index contributed by atoms with van der Waals surface area (Å²) in [7, 11) is 0. The average Bonchev–Trinajstić information content (AvgIpc) is 2.18. The number of aromatic nitrogens is 1. The van der Waals surface area contributed by atoms with Crippen LogP contribution in [-0.2, 0) is 24.3 Å². The normalized spacial score (nSPS) is 7.50. The standard InChI is InChI=1S/C8H11NO.CHO2.Zn/c1-2-7-10-8-3-5-9-6-4-8;2-1-3;/h3-6H,2,7H2,1H3;(H,2,3);/q;-1;. The van der Waals surface area contributed by atoms with Crippen LogP contribution in [0.3, 0.4) is 0 Å². The summed E-state index contributed by atoms with van der Waals surface area (Å²) < 4.78 is 5.32. The van der Waals surface area contributed by atoms with Gasteiger partial charge in [-0.25, -0.2) is 0 Å². The van der Waals surface area contributed by atoms with Gasteiger partial charge in [0.25, 0.3) is 0 Å². The van der Waals surface area contributed by atoms with E-state index in [1.807, 2.05) is 12.1 Å². The molecule has 4 nitrogen and oxygen atoms in total. The summed E-state index contributed by atoms with van der Waals surface area (Å²) >= 11 is 0. The van der Waals surface area contributed by atoms with Gasteiger partial charge >= 0.3 is 0 Å². The van der Waals surface area contributed by atoms with Gasteiger partial charge < -0.3 is 14.6 Å². The molecule has 0 atom stereocenters. The van der Waals surface area contributed by atoms with Gasteiger partial charge in [0.15, 0.2) is 0 Å². The summed E-state index contributed by atoms with van der Waals surface area (Å²) in [5.74, 6) is 0.900. The van der Waals surface area contributed by atoms with E-state index >= 15 is 0 Å². The molecule has 14 heavy (non-hydrogen) atoms. The Hall–Kier alpha value is -0.957. The number of aliphatic hydroxyl groups excluding tert-OH is 1. The van der Waals surface area contributed by atoms with Crippen LogP contribution in [0.25, 0.3) is 0 Å². The van der Waals surface area contributed by atoms with Crippen LogP contribution in [0.2, 0.25) is 0 Å². The van der Waals surface area contributed by atoms with Crippen molar-refractivity contribution in [1.82, 2.24) is 4.98 Å². The van der Waals surface area contributed by atoms with Gasteiger partial charge in [-0.15, -0.1) is 0 Å². The molecular formula is C9H12NO3Zn-. The van der Waals surface area contributed by atoms with E-state index < -0.39 is 0 Å². The Morgan fingerprint density at radius 1 is 1.50 bits per heavy atom. The first-order valence-corrected chi connectivity index (χ1v) is 3.89. The quantitative estimate of drug-likeness (QED) is 0.649. The fourth-order valence-corrected chi connectivity index (χ4v) is 0.654. The van der Waals surface area contributed by atoms with Crippen LogP contribution in [0, 0.1) is 0 Å². The Bertz CT molecular complexity index is 219. The van der Waals surface area contributed by atoms with Gasteiger partial charge in [0.1, 0.15) is 5.75 Å². The minimum Gasteiger partial charge on any atom is -0.665 e. The van der Waals surface area contributed by atoms with Crippen molar-refractivity contribution < 1.29 is 34.1 Å². The molecule has 0 spiro atoms. The van der Waals surface area contributed by atoms with Crippen LogP contribution < -0.4 is 4.74 Å². The van der Waals surface area contributed by atoms with E-state index in [0.717, 1.165) is 18.8 Å². The Labute approximate surface area is 96.1 Å². The molecule has 74 valence electrons. The molecule has 0 aliphatic rings. The molecular weight excluding hydrogens is 235 g/mol. The van der Waals surface area contributed by atoms with Crippen molar-refractivity contribution in [2.45, 2.75) is 13.3 Å². The molecule has 0 saturated heterocycles. The van der Waals surface area contributed by atoms with Gasteiger partial charge in [-0.1, -0.05) is 13.4 Å². The SMILES string of the molecule is CCCOc1ccncc1.O=[C-]O.[Zn]. The van der Waals surface area contributed by atoms with Crippen molar-refractivity contribution in [3.05, 3.63) is 24.5 Å².